The van der Waals surface area contributed by atoms with Gasteiger partial charge in [0.15, 0.2) is 0 Å². The molecule has 0 saturated carbocycles. The van der Waals surface area contributed by atoms with Gasteiger partial charge in [0.2, 0.25) is 0 Å². The molecule has 0 fully saturated rings. The standard InChI is InChI=1S/C3H4O3.H3N.Sr.2H/c1-3(5)6-2-4;;;;/h2H,1H3;1H3;;;. The normalized spacial score (nSPS) is 5.12. The Labute approximate surface area is 84.4 Å². The average molecular weight is 195 g/mol. The topological polar surface area (TPSA) is 78.4 Å². The molecule has 0 radical (unpaired) electrons. The van der Waals surface area contributed by atoms with Crippen molar-refractivity contribution in [2.24, 2.45) is 0 Å². The second kappa shape index (κ2) is 10.5. The summed E-state index contributed by atoms with van der Waals surface area (Å²) >= 11 is 0. The predicted octanol–water partition coefficient (Wildman–Crippen LogP) is -1.05. The summed E-state index contributed by atoms with van der Waals surface area (Å²) in [4.78, 5) is 18.8. The van der Waals surface area contributed by atoms with Crippen molar-refractivity contribution in [3.05, 3.63) is 0 Å². The van der Waals surface area contributed by atoms with Crippen molar-refractivity contribution in [2.45, 2.75) is 6.92 Å². The zero-order valence-corrected chi connectivity index (χ0v) is 4.01. The van der Waals surface area contributed by atoms with Crippen LogP contribution in [0.1, 0.15) is 6.92 Å². The van der Waals surface area contributed by atoms with Crippen LogP contribution in [0.15, 0.2) is 0 Å². The molecule has 0 aromatic carbocycles. The summed E-state index contributed by atoms with van der Waals surface area (Å²) in [6, 6.07) is 0. The van der Waals surface area contributed by atoms with Crippen LogP contribution < -0.4 is 6.15 Å². The summed E-state index contributed by atoms with van der Waals surface area (Å²) in [7, 11) is 0. The molecule has 5 heteroatoms. The van der Waals surface area contributed by atoms with E-state index in [1.54, 1.807) is 0 Å². The molecular weight excluding hydrogens is 186 g/mol. The molecule has 0 atom stereocenters. The van der Waals surface area contributed by atoms with Crippen LogP contribution in [-0.2, 0) is 14.3 Å². The van der Waals surface area contributed by atoms with Gasteiger partial charge < -0.3 is 10.9 Å². The first-order valence-corrected chi connectivity index (χ1v) is 1.38. The Morgan fingerprint density at radius 1 is 1.62 bits per heavy atom. The van der Waals surface area contributed by atoms with Gasteiger partial charge in [0.1, 0.15) is 0 Å². The Bertz CT molecular complexity index is 74.9. The molecule has 46 valence electrons. The minimum absolute atomic E-state index is 0. The number of rotatable bonds is 1. The van der Waals surface area contributed by atoms with E-state index in [0.29, 0.717) is 0 Å². The molecular formula is C3H9NO3Sr. The van der Waals surface area contributed by atoms with Gasteiger partial charge in [-0.3, -0.25) is 9.59 Å². The van der Waals surface area contributed by atoms with E-state index in [2.05, 4.69) is 4.74 Å². The van der Waals surface area contributed by atoms with Crippen LogP contribution in [0.25, 0.3) is 0 Å². The fourth-order valence-corrected chi connectivity index (χ4v) is 0.0678. The molecule has 0 aromatic rings. The molecule has 0 unspecified atom stereocenters. The molecule has 0 aliphatic rings. The first kappa shape index (κ1) is 15.8. The Morgan fingerprint density at radius 2 is 2.00 bits per heavy atom. The van der Waals surface area contributed by atoms with E-state index in [4.69, 9.17) is 0 Å². The Kier molecular flexibility index (Phi) is 20.9. The van der Waals surface area contributed by atoms with Crippen LogP contribution in [-0.4, -0.2) is 57.9 Å². The van der Waals surface area contributed by atoms with Gasteiger partial charge in [-0.2, -0.15) is 0 Å². The first-order valence-electron chi connectivity index (χ1n) is 1.38. The summed E-state index contributed by atoms with van der Waals surface area (Å²) in [5, 5.41) is 0. The Morgan fingerprint density at radius 3 is 2.00 bits per heavy atom. The second-order valence-electron chi connectivity index (χ2n) is 0.706. The molecule has 3 N–H and O–H groups in total. The maximum absolute atomic E-state index is 9.59. The van der Waals surface area contributed by atoms with Crippen LogP contribution in [0.4, 0.5) is 0 Å². The van der Waals surface area contributed by atoms with Crippen molar-refractivity contribution < 1.29 is 14.3 Å². The number of ether oxygens (including phenoxy) is 1. The van der Waals surface area contributed by atoms with E-state index in [9.17, 15) is 9.59 Å². The van der Waals surface area contributed by atoms with E-state index >= 15 is 0 Å². The summed E-state index contributed by atoms with van der Waals surface area (Å²) in [5.41, 5.74) is 0. The monoisotopic (exact) mass is 195 g/mol. The Hall–Kier alpha value is 0.581. The van der Waals surface area contributed by atoms with Crippen LogP contribution in [0.3, 0.4) is 0 Å². The van der Waals surface area contributed by atoms with Crippen molar-refractivity contribution >= 4 is 57.9 Å². The minimum atomic E-state index is -0.579. The van der Waals surface area contributed by atoms with E-state index in [-0.39, 0.29) is 58.1 Å². The van der Waals surface area contributed by atoms with E-state index in [1.807, 2.05) is 0 Å². The molecule has 0 spiro atoms. The molecule has 0 heterocycles. The number of hydrogen-bond donors (Lipinski definition) is 1. The zero-order valence-electron chi connectivity index (χ0n) is 4.01. The maximum atomic E-state index is 9.59. The van der Waals surface area contributed by atoms with Crippen LogP contribution in [0.2, 0.25) is 0 Å². The molecule has 0 saturated heterocycles. The quantitative estimate of drug-likeness (QED) is 0.250. The van der Waals surface area contributed by atoms with Crippen LogP contribution in [0, 0.1) is 0 Å². The van der Waals surface area contributed by atoms with Crippen LogP contribution >= 0.6 is 0 Å². The van der Waals surface area contributed by atoms with Gasteiger partial charge in [-0.1, -0.05) is 0 Å². The van der Waals surface area contributed by atoms with Gasteiger partial charge in [0.25, 0.3) is 0 Å². The van der Waals surface area contributed by atoms with E-state index in [1.165, 1.54) is 0 Å². The van der Waals surface area contributed by atoms with E-state index < -0.39 is 5.97 Å². The van der Waals surface area contributed by atoms with Crippen molar-refractivity contribution in [1.29, 1.82) is 0 Å². The number of carbonyl (C=O) groups is 2. The number of carbonyl (C=O) groups excluding carboxylic acids is 2. The zero-order chi connectivity index (χ0) is 4.99. The molecule has 4 nitrogen and oxygen atoms in total. The first-order chi connectivity index (χ1) is 2.77. The molecule has 0 aliphatic carbocycles. The van der Waals surface area contributed by atoms with Gasteiger partial charge >= 0.3 is 57.9 Å². The van der Waals surface area contributed by atoms with Crippen molar-refractivity contribution in [3.8, 4) is 0 Å². The van der Waals surface area contributed by atoms with Crippen molar-refractivity contribution in [2.75, 3.05) is 0 Å². The number of hydrogen-bond acceptors (Lipinski definition) is 4. The van der Waals surface area contributed by atoms with Crippen molar-refractivity contribution in [3.63, 3.8) is 0 Å². The average Bonchev–Trinajstić information content (AvgIpc) is 1.35. The van der Waals surface area contributed by atoms with Crippen molar-refractivity contribution in [1.82, 2.24) is 6.15 Å². The van der Waals surface area contributed by atoms with E-state index in [0.717, 1.165) is 6.92 Å². The van der Waals surface area contributed by atoms with Gasteiger partial charge in [-0.05, 0) is 0 Å². The summed E-state index contributed by atoms with van der Waals surface area (Å²) in [6.45, 7) is 1.26. The predicted molar refractivity (Wildman–Crippen MR) is 31.4 cm³/mol. The second-order valence-corrected chi connectivity index (χ2v) is 0.706. The molecule has 8 heavy (non-hydrogen) atoms. The van der Waals surface area contributed by atoms with Gasteiger partial charge in [0.05, 0.1) is 0 Å². The summed E-state index contributed by atoms with van der Waals surface area (Å²) in [5.74, 6) is -0.579. The molecule has 0 amide bonds. The summed E-state index contributed by atoms with van der Waals surface area (Å²) in [6.07, 6.45) is 0. The fraction of sp³-hybridized carbons (Fsp3) is 0.333. The molecule has 0 bridgehead atoms. The Balaban J connectivity index is -0.000000125. The fourth-order valence-electron chi connectivity index (χ4n) is 0.0678. The SMILES string of the molecule is CC(=O)OC=O.N.[SrH2]. The van der Waals surface area contributed by atoms with Crippen LogP contribution in [0.5, 0.6) is 0 Å². The van der Waals surface area contributed by atoms with Gasteiger partial charge in [-0.25, -0.2) is 0 Å². The third kappa shape index (κ3) is 16.0. The van der Waals surface area contributed by atoms with Gasteiger partial charge in [0, 0.05) is 6.92 Å². The molecule has 0 rings (SSSR count). The third-order valence-corrected chi connectivity index (χ3v) is 0.214. The number of esters is 1. The third-order valence-electron chi connectivity index (χ3n) is 0.214. The van der Waals surface area contributed by atoms with Gasteiger partial charge in [-0.15, -0.1) is 0 Å². The molecule has 0 aromatic heterocycles. The summed E-state index contributed by atoms with van der Waals surface area (Å²) < 4.78 is 3.72. The molecule has 0 aliphatic heterocycles.